The fraction of sp³-hybridized carbons (Fsp3) is 0.217. The molecule has 0 radical (unpaired) electrons. The molecule has 0 atom stereocenters. The minimum absolute atomic E-state index is 0.101. The van der Waals surface area contributed by atoms with Crippen LogP contribution in [0.5, 0.6) is 0 Å². The van der Waals surface area contributed by atoms with Crippen LogP contribution in [0.2, 0.25) is 5.02 Å². The van der Waals surface area contributed by atoms with Crippen molar-refractivity contribution in [2.24, 2.45) is 0 Å². The molecular formula is C23H23ClN4O3S. The molecule has 1 amide bonds. The number of sulfonamides is 1. The first kappa shape index (κ1) is 22.1. The molecule has 0 bridgehead atoms. The van der Waals surface area contributed by atoms with Gasteiger partial charge in [0.05, 0.1) is 9.92 Å². The number of benzene rings is 2. The molecule has 1 aliphatic rings. The van der Waals surface area contributed by atoms with Crippen LogP contribution in [0.1, 0.15) is 15.9 Å². The summed E-state index contributed by atoms with van der Waals surface area (Å²) >= 11 is 6.22. The van der Waals surface area contributed by atoms with Gasteiger partial charge in [-0.1, -0.05) is 29.3 Å². The Morgan fingerprint density at radius 3 is 2.25 bits per heavy atom. The Morgan fingerprint density at radius 1 is 0.969 bits per heavy atom. The van der Waals surface area contributed by atoms with Gasteiger partial charge in [-0.05, 0) is 55.5 Å². The highest BCUT2D eigenvalue weighted by Gasteiger charge is 2.24. The van der Waals surface area contributed by atoms with E-state index in [-0.39, 0.29) is 10.8 Å². The summed E-state index contributed by atoms with van der Waals surface area (Å²) < 4.78 is 27.8. The maximum absolute atomic E-state index is 12.9. The molecule has 32 heavy (non-hydrogen) atoms. The summed E-state index contributed by atoms with van der Waals surface area (Å²) in [6.07, 6.45) is 1.70. The first-order valence-electron chi connectivity index (χ1n) is 10.2. The highest BCUT2D eigenvalue weighted by Crippen LogP contribution is 2.24. The normalized spacial score (nSPS) is 14.3. The molecule has 1 fully saturated rings. The van der Waals surface area contributed by atoms with E-state index in [4.69, 9.17) is 11.6 Å². The second kappa shape index (κ2) is 9.18. The summed E-state index contributed by atoms with van der Waals surface area (Å²) in [5.41, 5.74) is 1.98. The Morgan fingerprint density at radius 2 is 1.62 bits per heavy atom. The van der Waals surface area contributed by atoms with Crippen LogP contribution in [0.15, 0.2) is 71.8 Å². The Kier molecular flexibility index (Phi) is 6.34. The Balaban J connectivity index is 1.40. The van der Waals surface area contributed by atoms with Crippen LogP contribution < -0.4 is 9.62 Å². The number of amides is 1. The van der Waals surface area contributed by atoms with E-state index in [2.05, 4.69) is 14.6 Å². The number of hydrogen-bond donors (Lipinski definition) is 1. The molecule has 0 saturated carbocycles. The van der Waals surface area contributed by atoms with Crippen molar-refractivity contribution < 1.29 is 13.2 Å². The van der Waals surface area contributed by atoms with Crippen molar-refractivity contribution in [1.29, 1.82) is 0 Å². The number of rotatable bonds is 5. The van der Waals surface area contributed by atoms with Gasteiger partial charge >= 0.3 is 0 Å². The molecule has 3 aromatic rings. The maximum atomic E-state index is 12.9. The monoisotopic (exact) mass is 470 g/mol. The number of carbonyl (C=O) groups is 1. The van der Waals surface area contributed by atoms with Gasteiger partial charge in [0.15, 0.2) is 0 Å². The van der Waals surface area contributed by atoms with Gasteiger partial charge in [-0.2, -0.15) is 0 Å². The summed E-state index contributed by atoms with van der Waals surface area (Å²) in [6.45, 7) is 4.23. The molecule has 0 spiro atoms. The molecule has 166 valence electrons. The molecule has 2 heterocycles. The number of halogens is 1. The van der Waals surface area contributed by atoms with E-state index in [9.17, 15) is 13.2 Å². The van der Waals surface area contributed by atoms with E-state index < -0.39 is 10.0 Å². The number of carbonyl (C=O) groups excluding carboxylic acids is 1. The molecule has 1 saturated heterocycles. The third-order valence-electron chi connectivity index (χ3n) is 5.32. The lowest BCUT2D eigenvalue weighted by atomic mass is 10.2. The molecule has 4 rings (SSSR count). The van der Waals surface area contributed by atoms with Gasteiger partial charge in [0.2, 0.25) is 0 Å². The van der Waals surface area contributed by atoms with Crippen LogP contribution in [0.25, 0.3) is 0 Å². The van der Waals surface area contributed by atoms with E-state index in [0.29, 0.717) is 42.5 Å². The largest absolute Gasteiger partial charge is 0.352 e. The smallest absolute Gasteiger partial charge is 0.261 e. The number of aromatic nitrogens is 1. The van der Waals surface area contributed by atoms with Crippen LogP contribution in [0.3, 0.4) is 0 Å². The van der Waals surface area contributed by atoms with Gasteiger partial charge in [-0.25, -0.2) is 13.4 Å². The standard InChI is InChI=1S/C23H23ClN4O3S/c1-17-4-8-19(9-5-17)26-32(30,31)20-10-6-18(7-11-20)23(29)28-15-13-27(14-16-28)22-21(24)3-2-12-25-22/h2-12,26H,13-16H2,1H3. The predicted octanol–water partition coefficient (Wildman–Crippen LogP) is 3.81. The Hall–Kier alpha value is -3.10. The Labute approximate surface area is 192 Å². The lowest BCUT2D eigenvalue weighted by Gasteiger charge is -2.35. The van der Waals surface area contributed by atoms with Crippen molar-refractivity contribution in [3.8, 4) is 0 Å². The van der Waals surface area contributed by atoms with E-state index >= 15 is 0 Å². The number of aryl methyl sites for hydroxylation is 1. The number of anilines is 2. The number of hydrogen-bond acceptors (Lipinski definition) is 5. The van der Waals surface area contributed by atoms with Crippen LogP contribution in [-0.4, -0.2) is 50.4 Å². The number of nitrogens with zero attached hydrogens (tertiary/aromatic N) is 3. The van der Waals surface area contributed by atoms with Crippen molar-refractivity contribution in [2.45, 2.75) is 11.8 Å². The van der Waals surface area contributed by atoms with E-state index in [1.807, 2.05) is 19.1 Å². The summed E-state index contributed by atoms with van der Waals surface area (Å²) in [5, 5.41) is 0.586. The quantitative estimate of drug-likeness (QED) is 0.613. The summed E-state index contributed by atoms with van der Waals surface area (Å²) in [4.78, 5) is 21.1. The molecule has 2 aromatic carbocycles. The highest BCUT2D eigenvalue weighted by molar-refractivity contribution is 7.92. The molecule has 0 aliphatic carbocycles. The zero-order valence-corrected chi connectivity index (χ0v) is 19.1. The average molecular weight is 471 g/mol. The fourth-order valence-electron chi connectivity index (χ4n) is 3.53. The van der Waals surface area contributed by atoms with Crippen LogP contribution >= 0.6 is 11.6 Å². The minimum atomic E-state index is -3.74. The van der Waals surface area contributed by atoms with Crippen LogP contribution in [0.4, 0.5) is 11.5 Å². The summed E-state index contributed by atoms with van der Waals surface area (Å²) in [7, 11) is -3.74. The summed E-state index contributed by atoms with van der Waals surface area (Å²) in [6, 6.07) is 16.7. The molecule has 1 aliphatic heterocycles. The van der Waals surface area contributed by atoms with Crippen molar-refractivity contribution >= 4 is 39.0 Å². The van der Waals surface area contributed by atoms with Crippen LogP contribution in [0, 0.1) is 6.92 Å². The molecule has 0 unspecified atom stereocenters. The number of piperazine rings is 1. The minimum Gasteiger partial charge on any atom is -0.352 e. The molecule has 1 aromatic heterocycles. The van der Waals surface area contributed by atoms with Crippen LogP contribution in [-0.2, 0) is 10.0 Å². The maximum Gasteiger partial charge on any atom is 0.261 e. The zero-order chi connectivity index (χ0) is 22.7. The lowest BCUT2D eigenvalue weighted by Crippen LogP contribution is -2.49. The third kappa shape index (κ3) is 4.87. The first-order chi connectivity index (χ1) is 15.3. The highest BCUT2D eigenvalue weighted by atomic mass is 35.5. The van der Waals surface area contributed by atoms with E-state index in [0.717, 1.165) is 11.4 Å². The number of pyridine rings is 1. The zero-order valence-electron chi connectivity index (χ0n) is 17.5. The second-order valence-electron chi connectivity index (χ2n) is 7.58. The topological polar surface area (TPSA) is 82.6 Å². The molecule has 9 heteroatoms. The van der Waals surface area contributed by atoms with Crippen molar-refractivity contribution in [1.82, 2.24) is 9.88 Å². The van der Waals surface area contributed by atoms with Crippen molar-refractivity contribution in [2.75, 3.05) is 35.8 Å². The van der Waals surface area contributed by atoms with Crippen molar-refractivity contribution in [3.63, 3.8) is 0 Å². The fourth-order valence-corrected chi connectivity index (χ4v) is 4.83. The molecule has 1 N–H and O–H groups in total. The Bertz CT molecular complexity index is 1210. The van der Waals surface area contributed by atoms with Gasteiger partial charge in [-0.15, -0.1) is 0 Å². The summed E-state index contributed by atoms with van der Waals surface area (Å²) in [5.74, 6) is 0.587. The third-order valence-corrected chi connectivity index (χ3v) is 7.01. The average Bonchev–Trinajstić information content (AvgIpc) is 2.80. The van der Waals surface area contributed by atoms with Gasteiger partial charge < -0.3 is 9.80 Å². The van der Waals surface area contributed by atoms with Gasteiger partial charge in [0.25, 0.3) is 15.9 Å². The van der Waals surface area contributed by atoms with Gasteiger partial charge in [0.1, 0.15) is 5.82 Å². The second-order valence-corrected chi connectivity index (χ2v) is 9.67. The number of nitrogens with one attached hydrogen (secondary N) is 1. The van der Waals surface area contributed by atoms with Crippen molar-refractivity contribution in [3.05, 3.63) is 83.0 Å². The van der Waals surface area contributed by atoms with E-state index in [1.54, 1.807) is 47.5 Å². The lowest BCUT2D eigenvalue weighted by molar-refractivity contribution is 0.0746. The molecule has 7 nitrogen and oxygen atoms in total. The predicted molar refractivity (Wildman–Crippen MR) is 126 cm³/mol. The van der Waals surface area contributed by atoms with Gasteiger partial charge in [0, 0.05) is 43.6 Å². The van der Waals surface area contributed by atoms with E-state index in [1.165, 1.54) is 12.1 Å². The SMILES string of the molecule is Cc1ccc(NS(=O)(=O)c2ccc(C(=O)N3CCN(c4ncccc4Cl)CC3)cc2)cc1. The molecular weight excluding hydrogens is 448 g/mol. The van der Waals surface area contributed by atoms with Gasteiger partial charge in [-0.3, -0.25) is 9.52 Å². The first-order valence-corrected chi connectivity index (χ1v) is 12.0.